The van der Waals surface area contributed by atoms with Crippen molar-refractivity contribution in [2.75, 3.05) is 6.61 Å². The third-order valence-electron chi connectivity index (χ3n) is 3.42. The van der Waals surface area contributed by atoms with Crippen LogP contribution in [0.5, 0.6) is 0 Å². The summed E-state index contributed by atoms with van der Waals surface area (Å²) in [7, 11) is 0. The van der Waals surface area contributed by atoms with Gasteiger partial charge in [0.25, 0.3) is 5.56 Å². The summed E-state index contributed by atoms with van der Waals surface area (Å²) in [5.41, 5.74) is 2.63. The normalized spacial score (nSPS) is 10.9. The van der Waals surface area contributed by atoms with Crippen molar-refractivity contribution in [3.63, 3.8) is 0 Å². The molecule has 0 bridgehead atoms. The highest BCUT2D eigenvalue weighted by Crippen LogP contribution is 2.23. The van der Waals surface area contributed by atoms with Gasteiger partial charge in [-0.05, 0) is 37.1 Å². The largest absolute Gasteiger partial charge is 0.461 e. The number of benzene rings is 1. The van der Waals surface area contributed by atoms with E-state index in [-0.39, 0.29) is 17.9 Å². The maximum atomic E-state index is 12.2. The Kier molecular flexibility index (Phi) is 4.04. The second-order valence-corrected chi connectivity index (χ2v) is 5.90. The minimum atomic E-state index is -0.545. The first-order chi connectivity index (χ1) is 11.0. The minimum absolute atomic E-state index is 0.112. The molecule has 0 saturated carbocycles. The number of nitrogens with zero attached hydrogens (tertiary/aromatic N) is 2. The van der Waals surface area contributed by atoms with Gasteiger partial charge >= 0.3 is 5.97 Å². The molecule has 6 nitrogen and oxygen atoms in total. The molecule has 0 saturated heterocycles. The van der Waals surface area contributed by atoms with E-state index in [1.165, 1.54) is 10.6 Å². The SMILES string of the molecule is CCOC(=O)c1cc2c(=O)[nH]c(-c3ccc(Br)c(C)c3)cn2n1. The molecule has 0 spiro atoms. The molecule has 0 aliphatic carbocycles. The molecule has 7 heteroatoms. The Balaban J connectivity index is 2.11. The summed E-state index contributed by atoms with van der Waals surface area (Å²) in [6, 6.07) is 7.19. The van der Waals surface area contributed by atoms with Gasteiger partial charge in [-0.1, -0.05) is 22.0 Å². The first-order valence-electron chi connectivity index (χ1n) is 7.06. The zero-order chi connectivity index (χ0) is 16.6. The number of hydrogen-bond acceptors (Lipinski definition) is 4. The number of H-pyrrole nitrogens is 1. The quantitative estimate of drug-likeness (QED) is 0.714. The third-order valence-corrected chi connectivity index (χ3v) is 4.31. The van der Waals surface area contributed by atoms with E-state index in [2.05, 4.69) is 26.0 Å². The molecule has 2 heterocycles. The summed E-state index contributed by atoms with van der Waals surface area (Å²) in [5.74, 6) is -0.545. The maximum absolute atomic E-state index is 12.2. The van der Waals surface area contributed by atoms with Gasteiger partial charge in [0.15, 0.2) is 5.69 Å². The second-order valence-electron chi connectivity index (χ2n) is 5.04. The number of ether oxygens (including phenoxy) is 1. The molecule has 0 atom stereocenters. The number of aromatic nitrogens is 3. The zero-order valence-electron chi connectivity index (χ0n) is 12.6. The first kappa shape index (κ1) is 15.5. The molecule has 3 rings (SSSR count). The van der Waals surface area contributed by atoms with Crippen LogP contribution >= 0.6 is 15.9 Å². The van der Waals surface area contributed by atoms with E-state index >= 15 is 0 Å². The molecule has 118 valence electrons. The lowest BCUT2D eigenvalue weighted by Gasteiger charge is -2.05. The fourth-order valence-electron chi connectivity index (χ4n) is 2.27. The summed E-state index contributed by atoms with van der Waals surface area (Å²) in [6.07, 6.45) is 1.68. The van der Waals surface area contributed by atoms with E-state index in [0.29, 0.717) is 11.2 Å². The molecule has 0 aliphatic rings. The van der Waals surface area contributed by atoms with Gasteiger partial charge in [0, 0.05) is 10.5 Å². The highest BCUT2D eigenvalue weighted by Gasteiger charge is 2.14. The Morgan fingerprint density at radius 3 is 2.87 bits per heavy atom. The lowest BCUT2D eigenvalue weighted by atomic mass is 10.1. The highest BCUT2D eigenvalue weighted by atomic mass is 79.9. The van der Waals surface area contributed by atoms with Crippen LogP contribution in [0.25, 0.3) is 16.8 Å². The average Bonchev–Trinajstić information content (AvgIpc) is 2.95. The summed E-state index contributed by atoms with van der Waals surface area (Å²) >= 11 is 3.45. The van der Waals surface area contributed by atoms with Gasteiger partial charge in [-0.2, -0.15) is 5.10 Å². The highest BCUT2D eigenvalue weighted by molar-refractivity contribution is 9.10. The Labute approximate surface area is 140 Å². The molecule has 3 aromatic rings. The van der Waals surface area contributed by atoms with Crippen molar-refractivity contribution < 1.29 is 9.53 Å². The smallest absolute Gasteiger partial charge is 0.358 e. The molecule has 2 aromatic heterocycles. The standard InChI is InChI=1S/C16H14BrN3O3/c1-3-23-16(22)12-7-14-15(21)18-13(8-20(14)19-12)10-4-5-11(17)9(2)6-10/h4-8H,3H2,1-2H3,(H,18,21). The number of hydrogen-bond donors (Lipinski definition) is 1. The summed E-state index contributed by atoms with van der Waals surface area (Å²) in [6.45, 7) is 3.94. The van der Waals surface area contributed by atoms with Crippen molar-refractivity contribution in [2.24, 2.45) is 0 Å². The van der Waals surface area contributed by atoms with Crippen molar-refractivity contribution in [3.8, 4) is 11.3 Å². The van der Waals surface area contributed by atoms with E-state index in [4.69, 9.17) is 4.74 Å². The van der Waals surface area contributed by atoms with E-state index in [0.717, 1.165) is 15.6 Å². The maximum Gasteiger partial charge on any atom is 0.358 e. The molecule has 0 radical (unpaired) electrons. The van der Waals surface area contributed by atoms with Gasteiger partial charge in [0.05, 0.1) is 18.5 Å². The molecule has 1 aromatic carbocycles. The van der Waals surface area contributed by atoms with E-state index in [1.54, 1.807) is 13.1 Å². The van der Waals surface area contributed by atoms with E-state index in [1.807, 2.05) is 25.1 Å². The van der Waals surface area contributed by atoms with Gasteiger partial charge in [-0.15, -0.1) is 0 Å². The van der Waals surface area contributed by atoms with Crippen molar-refractivity contribution in [1.82, 2.24) is 14.6 Å². The van der Waals surface area contributed by atoms with Crippen LogP contribution in [0.2, 0.25) is 0 Å². The molecule has 0 aliphatic heterocycles. The van der Waals surface area contributed by atoms with Gasteiger partial charge in [-0.3, -0.25) is 4.79 Å². The first-order valence-corrected chi connectivity index (χ1v) is 7.85. The van der Waals surface area contributed by atoms with Crippen LogP contribution < -0.4 is 5.56 Å². The average molecular weight is 376 g/mol. The zero-order valence-corrected chi connectivity index (χ0v) is 14.2. The molecule has 0 unspecified atom stereocenters. The Bertz CT molecular complexity index is 959. The molecule has 0 amide bonds. The molecule has 1 N–H and O–H groups in total. The van der Waals surface area contributed by atoms with Crippen LogP contribution in [-0.4, -0.2) is 27.2 Å². The van der Waals surface area contributed by atoms with Crippen molar-refractivity contribution in [2.45, 2.75) is 13.8 Å². The lowest BCUT2D eigenvalue weighted by molar-refractivity contribution is 0.0519. The van der Waals surface area contributed by atoms with Crippen LogP contribution in [0.15, 0.2) is 39.7 Å². The second kappa shape index (κ2) is 6.00. The number of carbonyl (C=O) groups excluding carboxylic acids is 1. The number of aromatic amines is 1. The summed E-state index contributed by atoms with van der Waals surface area (Å²) in [4.78, 5) is 26.8. The fraction of sp³-hybridized carbons (Fsp3) is 0.188. The summed E-state index contributed by atoms with van der Waals surface area (Å²) in [5, 5.41) is 4.13. The predicted molar refractivity (Wildman–Crippen MR) is 89.6 cm³/mol. The number of carbonyl (C=O) groups is 1. The molecular weight excluding hydrogens is 362 g/mol. The lowest BCUT2D eigenvalue weighted by Crippen LogP contribution is -2.10. The monoisotopic (exact) mass is 375 g/mol. The van der Waals surface area contributed by atoms with Crippen LogP contribution in [-0.2, 0) is 4.74 Å². The number of halogens is 1. The molecule has 23 heavy (non-hydrogen) atoms. The van der Waals surface area contributed by atoms with Crippen LogP contribution in [0.4, 0.5) is 0 Å². The Morgan fingerprint density at radius 2 is 2.17 bits per heavy atom. The van der Waals surface area contributed by atoms with Gasteiger partial charge < -0.3 is 9.72 Å². The predicted octanol–water partition coefficient (Wildman–Crippen LogP) is 2.94. The molecule has 0 fully saturated rings. The van der Waals surface area contributed by atoms with Gasteiger partial charge in [-0.25, -0.2) is 9.31 Å². The number of esters is 1. The van der Waals surface area contributed by atoms with Crippen molar-refractivity contribution in [3.05, 3.63) is 56.5 Å². The Morgan fingerprint density at radius 1 is 1.39 bits per heavy atom. The Hall–Kier alpha value is -2.41. The van der Waals surface area contributed by atoms with Crippen molar-refractivity contribution in [1.29, 1.82) is 0 Å². The minimum Gasteiger partial charge on any atom is -0.461 e. The summed E-state index contributed by atoms with van der Waals surface area (Å²) < 4.78 is 7.30. The van der Waals surface area contributed by atoms with Crippen LogP contribution in [0.3, 0.4) is 0 Å². The third kappa shape index (κ3) is 2.92. The van der Waals surface area contributed by atoms with E-state index < -0.39 is 5.97 Å². The topological polar surface area (TPSA) is 76.5 Å². The molecular formula is C16H14BrN3O3. The van der Waals surface area contributed by atoms with Crippen molar-refractivity contribution >= 4 is 27.4 Å². The number of fused-ring (bicyclic) bond motifs is 1. The van der Waals surface area contributed by atoms with E-state index in [9.17, 15) is 9.59 Å². The fourth-order valence-corrected chi connectivity index (χ4v) is 2.51. The number of aryl methyl sites for hydroxylation is 1. The number of rotatable bonds is 3. The number of nitrogens with one attached hydrogen (secondary N) is 1. The van der Waals surface area contributed by atoms with Crippen LogP contribution in [0.1, 0.15) is 23.0 Å². The van der Waals surface area contributed by atoms with Gasteiger partial charge in [0.2, 0.25) is 0 Å². The van der Waals surface area contributed by atoms with Gasteiger partial charge in [0.1, 0.15) is 5.52 Å². The van der Waals surface area contributed by atoms with Crippen LogP contribution in [0, 0.1) is 6.92 Å².